The quantitative estimate of drug-likeness (QED) is 0.185. The molecule has 0 unspecified atom stereocenters. The summed E-state index contributed by atoms with van der Waals surface area (Å²) >= 11 is 25.5. The van der Waals surface area contributed by atoms with Crippen molar-refractivity contribution in [1.29, 1.82) is 0 Å². The molecule has 0 aliphatic carbocycles. The molecule has 3 aromatic carbocycles. The molecule has 0 fully saturated rings. The van der Waals surface area contributed by atoms with Crippen molar-refractivity contribution in [2.45, 2.75) is 32.8 Å². The third kappa shape index (κ3) is 5.97. The van der Waals surface area contributed by atoms with Crippen LogP contribution < -0.4 is 10.3 Å². The van der Waals surface area contributed by atoms with Gasteiger partial charge in [-0.05, 0) is 75.9 Å². The van der Waals surface area contributed by atoms with Crippen molar-refractivity contribution < 1.29 is 4.74 Å². The van der Waals surface area contributed by atoms with Crippen LogP contribution in [-0.4, -0.2) is 15.9 Å². The van der Waals surface area contributed by atoms with Crippen LogP contribution in [0.25, 0.3) is 10.9 Å². The standard InChI is InChI=1S/C26H20Br2Cl3N3O2/c1-3-14(2)25-33-23-7-5-17(27)11-18(23)26(35)34(25)32-12-16-8-19(28)24(22(31)10-16)36-13-15-4-6-20(29)21(30)9-15/h4-12,14H,3,13H2,1-2H3/t14-/m0/s1. The minimum Gasteiger partial charge on any atom is -0.486 e. The molecule has 186 valence electrons. The number of rotatable bonds is 7. The van der Waals surface area contributed by atoms with Gasteiger partial charge in [-0.3, -0.25) is 4.79 Å². The van der Waals surface area contributed by atoms with E-state index in [0.717, 1.165) is 16.5 Å². The molecule has 1 heterocycles. The molecule has 4 rings (SSSR count). The Kier molecular flexibility index (Phi) is 8.79. The Morgan fingerprint density at radius 3 is 2.53 bits per heavy atom. The zero-order valence-corrected chi connectivity index (χ0v) is 24.7. The van der Waals surface area contributed by atoms with Gasteiger partial charge < -0.3 is 4.74 Å². The number of nitrogens with zero attached hydrogens (tertiary/aromatic N) is 3. The van der Waals surface area contributed by atoms with Crippen LogP contribution in [0, 0.1) is 0 Å². The second-order valence-corrected chi connectivity index (χ2v) is 11.1. The van der Waals surface area contributed by atoms with Crippen molar-refractivity contribution >= 4 is 83.8 Å². The van der Waals surface area contributed by atoms with Crippen LogP contribution in [0.3, 0.4) is 0 Å². The summed E-state index contributed by atoms with van der Waals surface area (Å²) < 4.78 is 8.72. The van der Waals surface area contributed by atoms with Crippen LogP contribution in [0.4, 0.5) is 0 Å². The van der Waals surface area contributed by atoms with E-state index in [1.165, 1.54) is 4.68 Å². The van der Waals surface area contributed by atoms with Gasteiger partial charge in [0.1, 0.15) is 12.4 Å². The maximum absolute atomic E-state index is 13.3. The van der Waals surface area contributed by atoms with Gasteiger partial charge in [-0.1, -0.05) is 70.6 Å². The van der Waals surface area contributed by atoms with Crippen LogP contribution in [0.1, 0.15) is 43.1 Å². The molecule has 5 nitrogen and oxygen atoms in total. The number of benzene rings is 3. The molecule has 0 saturated heterocycles. The van der Waals surface area contributed by atoms with Crippen LogP contribution in [0.2, 0.25) is 15.1 Å². The third-order valence-electron chi connectivity index (χ3n) is 5.60. The molecule has 0 radical (unpaired) electrons. The smallest absolute Gasteiger partial charge is 0.282 e. The van der Waals surface area contributed by atoms with Gasteiger partial charge in [0.05, 0.1) is 36.7 Å². The molecule has 0 amide bonds. The molecule has 0 N–H and O–H groups in total. The van der Waals surface area contributed by atoms with E-state index in [1.54, 1.807) is 30.5 Å². The molecule has 0 aliphatic rings. The lowest BCUT2D eigenvalue weighted by Gasteiger charge is -2.14. The number of fused-ring (bicyclic) bond motifs is 1. The summed E-state index contributed by atoms with van der Waals surface area (Å²) in [4.78, 5) is 18.0. The van der Waals surface area contributed by atoms with Crippen LogP contribution in [0.15, 0.2) is 67.4 Å². The largest absolute Gasteiger partial charge is 0.486 e. The van der Waals surface area contributed by atoms with Crippen molar-refractivity contribution in [3.05, 3.63) is 99.8 Å². The Labute approximate surface area is 240 Å². The summed E-state index contributed by atoms with van der Waals surface area (Å²) in [7, 11) is 0. The van der Waals surface area contributed by atoms with Gasteiger partial charge in [-0.15, -0.1) is 0 Å². The average Bonchev–Trinajstić information content (AvgIpc) is 2.84. The van der Waals surface area contributed by atoms with E-state index in [2.05, 4.69) is 37.0 Å². The lowest BCUT2D eigenvalue weighted by atomic mass is 10.1. The van der Waals surface area contributed by atoms with Crippen molar-refractivity contribution in [2.75, 3.05) is 0 Å². The molecule has 1 aromatic heterocycles. The topological polar surface area (TPSA) is 56.5 Å². The fraction of sp³-hybridized carbons (Fsp3) is 0.192. The van der Waals surface area contributed by atoms with Gasteiger partial charge in [-0.25, -0.2) is 4.98 Å². The molecule has 0 aliphatic heterocycles. The predicted molar refractivity (Wildman–Crippen MR) is 155 cm³/mol. The zero-order valence-electron chi connectivity index (χ0n) is 19.2. The fourth-order valence-electron chi connectivity index (χ4n) is 3.48. The van der Waals surface area contributed by atoms with Gasteiger partial charge in [0.15, 0.2) is 5.75 Å². The lowest BCUT2D eigenvalue weighted by molar-refractivity contribution is 0.304. The van der Waals surface area contributed by atoms with Gasteiger partial charge in [0, 0.05) is 10.4 Å². The SMILES string of the molecule is CC[C@H](C)c1nc2ccc(Br)cc2c(=O)n1N=Cc1cc(Cl)c(OCc2ccc(Cl)c(Cl)c2)c(Br)c1. The lowest BCUT2D eigenvalue weighted by Crippen LogP contribution is -2.23. The highest BCUT2D eigenvalue weighted by atomic mass is 79.9. The van der Waals surface area contributed by atoms with E-state index in [-0.39, 0.29) is 18.1 Å². The molecular formula is C26H20Br2Cl3N3O2. The highest BCUT2D eigenvalue weighted by molar-refractivity contribution is 9.10. The molecular weight excluding hydrogens is 652 g/mol. The first kappa shape index (κ1) is 27.1. The summed E-state index contributed by atoms with van der Waals surface area (Å²) in [6, 6.07) is 14.3. The van der Waals surface area contributed by atoms with E-state index in [0.29, 0.717) is 47.6 Å². The third-order valence-corrected chi connectivity index (χ3v) is 7.70. The summed E-state index contributed by atoms with van der Waals surface area (Å²) in [6.07, 6.45) is 2.39. The Morgan fingerprint density at radius 2 is 1.83 bits per heavy atom. The second-order valence-electron chi connectivity index (χ2n) is 8.15. The Balaban J connectivity index is 1.66. The number of hydrogen-bond donors (Lipinski definition) is 0. The van der Waals surface area contributed by atoms with Gasteiger partial charge >= 0.3 is 0 Å². The number of ether oxygens (including phenoxy) is 1. The van der Waals surface area contributed by atoms with E-state index in [1.807, 2.05) is 38.1 Å². The monoisotopic (exact) mass is 669 g/mol. The molecule has 0 spiro atoms. The van der Waals surface area contributed by atoms with Crippen LogP contribution in [0.5, 0.6) is 5.75 Å². The molecule has 4 aromatic rings. The van der Waals surface area contributed by atoms with Crippen molar-refractivity contribution in [2.24, 2.45) is 5.10 Å². The van der Waals surface area contributed by atoms with E-state index < -0.39 is 0 Å². The summed E-state index contributed by atoms with van der Waals surface area (Å²) in [5, 5.41) is 6.31. The first-order chi connectivity index (χ1) is 17.2. The normalized spacial score (nSPS) is 12.4. The van der Waals surface area contributed by atoms with Crippen molar-refractivity contribution in [3.8, 4) is 5.75 Å². The number of aromatic nitrogens is 2. The highest BCUT2D eigenvalue weighted by Gasteiger charge is 2.16. The summed E-state index contributed by atoms with van der Waals surface area (Å²) in [5.41, 5.74) is 1.94. The van der Waals surface area contributed by atoms with Gasteiger partial charge in [-0.2, -0.15) is 9.78 Å². The van der Waals surface area contributed by atoms with Crippen LogP contribution >= 0.6 is 66.7 Å². The average molecular weight is 673 g/mol. The van der Waals surface area contributed by atoms with E-state index >= 15 is 0 Å². The first-order valence-electron chi connectivity index (χ1n) is 11.0. The molecule has 10 heteroatoms. The minimum atomic E-state index is -0.236. The zero-order chi connectivity index (χ0) is 26.0. The number of halogens is 5. The summed E-state index contributed by atoms with van der Waals surface area (Å²) in [6.45, 7) is 4.32. The molecule has 0 saturated carbocycles. The van der Waals surface area contributed by atoms with Gasteiger partial charge in [0.2, 0.25) is 0 Å². The number of hydrogen-bond acceptors (Lipinski definition) is 4. The summed E-state index contributed by atoms with van der Waals surface area (Å²) in [5.74, 6) is 1.12. The predicted octanol–water partition coefficient (Wildman–Crippen LogP) is 8.86. The molecule has 36 heavy (non-hydrogen) atoms. The Bertz CT molecular complexity index is 1520. The van der Waals surface area contributed by atoms with E-state index in [4.69, 9.17) is 44.5 Å². The first-order valence-corrected chi connectivity index (χ1v) is 13.7. The molecule has 1 atom stereocenters. The minimum absolute atomic E-state index is 0.0374. The maximum Gasteiger partial charge on any atom is 0.282 e. The highest BCUT2D eigenvalue weighted by Crippen LogP contribution is 2.35. The van der Waals surface area contributed by atoms with Crippen LogP contribution in [-0.2, 0) is 6.61 Å². The molecule has 0 bridgehead atoms. The Hall–Kier alpha value is -1.90. The Morgan fingerprint density at radius 1 is 1.06 bits per heavy atom. The van der Waals surface area contributed by atoms with E-state index in [9.17, 15) is 4.79 Å². The van der Waals surface area contributed by atoms with Gasteiger partial charge in [0.25, 0.3) is 5.56 Å². The van der Waals surface area contributed by atoms with Crippen molar-refractivity contribution in [1.82, 2.24) is 9.66 Å². The maximum atomic E-state index is 13.3. The second kappa shape index (κ2) is 11.7. The fourth-order valence-corrected chi connectivity index (χ4v) is 5.15. The van der Waals surface area contributed by atoms with Crippen molar-refractivity contribution in [3.63, 3.8) is 0 Å².